The summed E-state index contributed by atoms with van der Waals surface area (Å²) >= 11 is 1.57. The van der Waals surface area contributed by atoms with Gasteiger partial charge >= 0.3 is 5.97 Å². The minimum atomic E-state index is -1.08. The quantitative estimate of drug-likeness (QED) is 0.909. The lowest BCUT2D eigenvalue weighted by molar-refractivity contribution is 0.0685. The van der Waals surface area contributed by atoms with E-state index in [-0.39, 0.29) is 5.69 Å². The maximum absolute atomic E-state index is 11.1. The Morgan fingerprint density at radius 2 is 2.21 bits per heavy atom. The number of hydrogen-bond acceptors (Lipinski definition) is 5. The summed E-state index contributed by atoms with van der Waals surface area (Å²) in [7, 11) is 0. The molecule has 0 amide bonds. The van der Waals surface area contributed by atoms with Gasteiger partial charge in [0.2, 0.25) is 0 Å². The van der Waals surface area contributed by atoms with Gasteiger partial charge in [-0.15, -0.1) is 11.3 Å². The zero-order valence-electron chi connectivity index (χ0n) is 10.7. The van der Waals surface area contributed by atoms with Crippen LogP contribution in [-0.4, -0.2) is 27.7 Å². The van der Waals surface area contributed by atoms with Crippen LogP contribution in [0.25, 0.3) is 0 Å². The third kappa shape index (κ3) is 3.29. The van der Waals surface area contributed by atoms with Gasteiger partial charge in [-0.1, -0.05) is 0 Å². The molecule has 0 aromatic carbocycles. The van der Waals surface area contributed by atoms with Gasteiger partial charge < -0.3 is 9.84 Å². The first-order chi connectivity index (χ1) is 9.08. The number of carboxylic acid groups (broad SMARTS) is 1. The van der Waals surface area contributed by atoms with E-state index in [1.165, 1.54) is 0 Å². The zero-order valence-corrected chi connectivity index (χ0v) is 11.5. The van der Waals surface area contributed by atoms with Crippen molar-refractivity contribution in [3.05, 3.63) is 39.6 Å². The first-order valence-corrected chi connectivity index (χ1v) is 6.68. The van der Waals surface area contributed by atoms with E-state index in [0.29, 0.717) is 24.5 Å². The van der Waals surface area contributed by atoms with Crippen LogP contribution in [0.4, 0.5) is 0 Å². The second-order valence-corrected chi connectivity index (χ2v) is 5.00. The molecule has 0 spiro atoms. The fourth-order valence-corrected chi connectivity index (χ4v) is 2.40. The van der Waals surface area contributed by atoms with Crippen molar-refractivity contribution in [3.63, 3.8) is 0 Å². The molecule has 2 heterocycles. The number of aromatic nitrogens is 2. The standard InChI is InChI=1S/C13H14N2O3S/c1-8-3-4-10(12(15-8)13(16)17)18-6-5-11-9(2)14-7-19-11/h3-4,7H,5-6H2,1-2H3,(H,16,17). The molecular weight excluding hydrogens is 264 g/mol. The highest BCUT2D eigenvalue weighted by Gasteiger charge is 2.13. The van der Waals surface area contributed by atoms with Gasteiger partial charge in [-0.05, 0) is 26.0 Å². The number of carbonyl (C=O) groups is 1. The molecule has 0 saturated heterocycles. The second-order valence-electron chi connectivity index (χ2n) is 4.06. The number of aromatic carboxylic acids is 1. The lowest BCUT2D eigenvalue weighted by Gasteiger charge is -2.08. The number of thiazole rings is 1. The Morgan fingerprint density at radius 3 is 2.84 bits per heavy atom. The Kier molecular flexibility index (Phi) is 4.11. The van der Waals surface area contributed by atoms with Gasteiger partial charge in [0.15, 0.2) is 11.4 Å². The molecule has 0 unspecified atom stereocenters. The number of carboxylic acids is 1. The van der Waals surface area contributed by atoms with Gasteiger partial charge in [-0.3, -0.25) is 0 Å². The van der Waals surface area contributed by atoms with E-state index < -0.39 is 5.97 Å². The van der Waals surface area contributed by atoms with Crippen LogP contribution in [0.1, 0.15) is 26.8 Å². The molecule has 0 aliphatic carbocycles. The van der Waals surface area contributed by atoms with Crippen LogP contribution in [0.15, 0.2) is 17.6 Å². The molecule has 2 aromatic heterocycles. The summed E-state index contributed by atoms with van der Waals surface area (Å²) in [5.41, 5.74) is 3.40. The number of hydrogen-bond donors (Lipinski definition) is 1. The normalized spacial score (nSPS) is 10.4. The van der Waals surface area contributed by atoms with Crippen molar-refractivity contribution < 1.29 is 14.6 Å². The highest BCUT2D eigenvalue weighted by Crippen LogP contribution is 2.18. The van der Waals surface area contributed by atoms with Crippen molar-refractivity contribution in [2.45, 2.75) is 20.3 Å². The first kappa shape index (κ1) is 13.5. The molecule has 0 aliphatic heterocycles. The Labute approximate surface area is 114 Å². The maximum atomic E-state index is 11.1. The summed E-state index contributed by atoms with van der Waals surface area (Å²) in [6.07, 6.45) is 0.712. The van der Waals surface area contributed by atoms with Crippen molar-refractivity contribution in [3.8, 4) is 5.75 Å². The van der Waals surface area contributed by atoms with Crippen LogP contribution in [0.5, 0.6) is 5.75 Å². The fraction of sp³-hybridized carbons (Fsp3) is 0.308. The van der Waals surface area contributed by atoms with Gasteiger partial charge in [-0.25, -0.2) is 14.8 Å². The van der Waals surface area contributed by atoms with Gasteiger partial charge in [-0.2, -0.15) is 0 Å². The topological polar surface area (TPSA) is 72.3 Å². The van der Waals surface area contributed by atoms with Crippen molar-refractivity contribution >= 4 is 17.3 Å². The lowest BCUT2D eigenvalue weighted by Crippen LogP contribution is -2.08. The molecule has 0 bridgehead atoms. The molecule has 1 N–H and O–H groups in total. The number of aryl methyl sites for hydroxylation is 2. The molecule has 0 aliphatic rings. The Morgan fingerprint density at radius 1 is 1.42 bits per heavy atom. The van der Waals surface area contributed by atoms with Gasteiger partial charge in [0.25, 0.3) is 0 Å². The maximum Gasteiger partial charge on any atom is 0.358 e. The van der Waals surface area contributed by atoms with E-state index in [1.807, 2.05) is 6.92 Å². The van der Waals surface area contributed by atoms with Crippen LogP contribution in [0, 0.1) is 13.8 Å². The predicted molar refractivity (Wildman–Crippen MR) is 72.0 cm³/mol. The molecule has 100 valence electrons. The highest BCUT2D eigenvalue weighted by molar-refractivity contribution is 7.09. The van der Waals surface area contributed by atoms with Crippen LogP contribution >= 0.6 is 11.3 Å². The summed E-state index contributed by atoms with van der Waals surface area (Å²) in [4.78, 5) is 20.3. The van der Waals surface area contributed by atoms with E-state index in [2.05, 4.69) is 9.97 Å². The molecule has 0 saturated carbocycles. The molecule has 5 nitrogen and oxygen atoms in total. The highest BCUT2D eigenvalue weighted by atomic mass is 32.1. The average Bonchev–Trinajstić information content (AvgIpc) is 2.77. The Bertz CT molecular complexity index is 595. The predicted octanol–water partition coefficient (Wildman–Crippen LogP) is 2.47. The van der Waals surface area contributed by atoms with Crippen LogP contribution < -0.4 is 4.74 Å². The number of nitrogens with zero attached hydrogens (tertiary/aromatic N) is 2. The minimum absolute atomic E-state index is 0.0407. The fourth-order valence-electron chi connectivity index (χ4n) is 1.63. The van der Waals surface area contributed by atoms with Gasteiger partial charge in [0, 0.05) is 17.0 Å². The smallest absolute Gasteiger partial charge is 0.358 e. The summed E-state index contributed by atoms with van der Waals surface area (Å²) in [6.45, 7) is 4.10. The summed E-state index contributed by atoms with van der Waals surface area (Å²) in [5, 5.41) is 9.07. The van der Waals surface area contributed by atoms with Gasteiger partial charge in [0.05, 0.1) is 17.8 Å². The number of rotatable bonds is 5. The van der Waals surface area contributed by atoms with E-state index >= 15 is 0 Å². The third-order valence-electron chi connectivity index (χ3n) is 2.63. The summed E-state index contributed by atoms with van der Waals surface area (Å²) in [6, 6.07) is 3.38. The average molecular weight is 278 g/mol. The first-order valence-electron chi connectivity index (χ1n) is 5.80. The van der Waals surface area contributed by atoms with Crippen molar-refractivity contribution in [1.29, 1.82) is 0 Å². The van der Waals surface area contributed by atoms with E-state index in [9.17, 15) is 4.79 Å². The number of ether oxygens (including phenoxy) is 1. The molecular formula is C13H14N2O3S. The molecule has 19 heavy (non-hydrogen) atoms. The van der Waals surface area contributed by atoms with Crippen molar-refractivity contribution in [2.24, 2.45) is 0 Å². The van der Waals surface area contributed by atoms with Crippen LogP contribution in [0.2, 0.25) is 0 Å². The molecule has 0 fully saturated rings. The van der Waals surface area contributed by atoms with E-state index in [4.69, 9.17) is 9.84 Å². The molecule has 2 aromatic rings. The second kappa shape index (κ2) is 5.79. The van der Waals surface area contributed by atoms with Crippen LogP contribution in [0.3, 0.4) is 0 Å². The number of pyridine rings is 1. The molecule has 0 atom stereocenters. The Hall–Kier alpha value is -1.95. The Balaban J connectivity index is 2.03. The van der Waals surface area contributed by atoms with E-state index in [1.54, 1.807) is 35.9 Å². The zero-order chi connectivity index (χ0) is 13.8. The molecule has 2 rings (SSSR count). The van der Waals surface area contributed by atoms with Crippen molar-refractivity contribution in [2.75, 3.05) is 6.61 Å². The molecule has 0 radical (unpaired) electrons. The van der Waals surface area contributed by atoms with E-state index in [0.717, 1.165) is 10.6 Å². The summed E-state index contributed by atoms with van der Waals surface area (Å²) in [5.74, 6) is -0.770. The molecule has 6 heteroatoms. The minimum Gasteiger partial charge on any atom is -0.491 e. The SMILES string of the molecule is Cc1ccc(OCCc2scnc2C)c(C(=O)O)n1. The van der Waals surface area contributed by atoms with Gasteiger partial charge in [0.1, 0.15) is 0 Å². The third-order valence-corrected chi connectivity index (χ3v) is 3.63. The lowest BCUT2D eigenvalue weighted by atomic mass is 10.3. The van der Waals surface area contributed by atoms with Crippen molar-refractivity contribution in [1.82, 2.24) is 9.97 Å². The van der Waals surface area contributed by atoms with Crippen LogP contribution in [-0.2, 0) is 6.42 Å². The largest absolute Gasteiger partial charge is 0.491 e. The summed E-state index contributed by atoms with van der Waals surface area (Å²) < 4.78 is 5.52. The monoisotopic (exact) mass is 278 g/mol.